The Morgan fingerprint density at radius 3 is 2.46 bits per heavy atom. The minimum absolute atomic E-state index is 0.0484. The van der Waals surface area contributed by atoms with Gasteiger partial charge in [-0.2, -0.15) is 0 Å². The van der Waals surface area contributed by atoms with Crippen LogP contribution >= 0.6 is 23.2 Å². The van der Waals surface area contributed by atoms with Crippen LogP contribution in [0, 0.1) is 5.82 Å². The van der Waals surface area contributed by atoms with Gasteiger partial charge >= 0.3 is 0 Å². The van der Waals surface area contributed by atoms with E-state index in [0.717, 1.165) is 11.3 Å². The molecule has 1 amide bonds. The molecule has 0 atom stereocenters. The maximum absolute atomic E-state index is 14.0. The highest BCUT2D eigenvalue weighted by Crippen LogP contribution is 2.26. The highest BCUT2D eigenvalue weighted by molar-refractivity contribution is 6.30. The number of primary amides is 1. The summed E-state index contributed by atoms with van der Waals surface area (Å²) >= 11 is 11.9. The lowest BCUT2D eigenvalue weighted by Gasteiger charge is -2.13. The number of nitrogens with zero attached hydrogens (tertiary/aromatic N) is 1. The van der Waals surface area contributed by atoms with Crippen molar-refractivity contribution in [2.24, 2.45) is 5.73 Å². The molecule has 0 radical (unpaired) electrons. The summed E-state index contributed by atoms with van der Waals surface area (Å²) in [5, 5.41) is 0.878. The molecule has 7 heteroatoms. The fourth-order valence-corrected chi connectivity index (χ4v) is 3.07. The lowest BCUT2D eigenvalue weighted by molar-refractivity contribution is -0.117. The molecular formula is C21H17Cl2FN2O2. The van der Waals surface area contributed by atoms with Gasteiger partial charge in [0.1, 0.15) is 18.2 Å². The molecule has 0 aliphatic heterocycles. The zero-order valence-corrected chi connectivity index (χ0v) is 16.3. The predicted octanol–water partition coefficient (Wildman–Crippen LogP) is 4.73. The van der Waals surface area contributed by atoms with Crippen LogP contribution in [-0.4, -0.2) is 10.9 Å². The Bertz CT molecular complexity index is 1010. The number of rotatable bonds is 7. The van der Waals surface area contributed by atoms with Crippen LogP contribution in [0.2, 0.25) is 10.0 Å². The summed E-state index contributed by atoms with van der Waals surface area (Å²) in [6.45, 7) is 0.0484. The van der Waals surface area contributed by atoms with Crippen LogP contribution in [0.25, 0.3) is 0 Å². The summed E-state index contributed by atoms with van der Waals surface area (Å²) in [7, 11) is 0. The average molecular weight is 419 g/mol. The highest BCUT2D eigenvalue weighted by atomic mass is 35.5. The van der Waals surface area contributed by atoms with Gasteiger partial charge in [-0.1, -0.05) is 35.3 Å². The quantitative estimate of drug-likeness (QED) is 0.603. The number of amides is 1. The molecule has 0 bridgehead atoms. The third kappa shape index (κ3) is 5.44. The molecule has 0 unspecified atom stereocenters. The Kier molecular flexibility index (Phi) is 6.49. The molecule has 2 aromatic carbocycles. The molecular weight excluding hydrogens is 402 g/mol. The number of pyridine rings is 1. The Labute approximate surface area is 172 Å². The van der Waals surface area contributed by atoms with E-state index < -0.39 is 11.7 Å². The number of nitrogens with two attached hydrogens (primary N) is 1. The minimum atomic E-state index is -0.443. The Hall–Kier alpha value is -2.63. The Morgan fingerprint density at radius 1 is 1.00 bits per heavy atom. The maximum Gasteiger partial charge on any atom is 0.223 e. The first-order chi connectivity index (χ1) is 13.4. The number of ether oxygens (including phenoxy) is 1. The first-order valence-corrected chi connectivity index (χ1v) is 9.24. The van der Waals surface area contributed by atoms with Gasteiger partial charge in [-0.25, -0.2) is 4.39 Å². The van der Waals surface area contributed by atoms with Crippen molar-refractivity contribution in [3.8, 4) is 5.75 Å². The fourth-order valence-electron chi connectivity index (χ4n) is 2.72. The normalized spacial score (nSPS) is 10.7. The largest absolute Gasteiger partial charge is 0.489 e. The van der Waals surface area contributed by atoms with Gasteiger partial charge in [0.25, 0.3) is 0 Å². The van der Waals surface area contributed by atoms with Gasteiger partial charge in [-0.05, 0) is 42.5 Å². The maximum atomic E-state index is 14.0. The van der Waals surface area contributed by atoms with Crippen molar-refractivity contribution in [3.63, 3.8) is 0 Å². The van der Waals surface area contributed by atoms with Crippen LogP contribution in [0.4, 0.5) is 4.39 Å². The second kappa shape index (κ2) is 9.04. The summed E-state index contributed by atoms with van der Waals surface area (Å²) in [6.07, 6.45) is 0.508. The Morgan fingerprint density at radius 2 is 1.71 bits per heavy atom. The van der Waals surface area contributed by atoms with Gasteiger partial charge in [0.15, 0.2) is 0 Å². The number of carbonyl (C=O) groups excluding carboxylic acids is 1. The van der Waals surface area contributed by atoms with Gasteiger partial charge in [0, 0.05) is 39.0 Å². The number of hydrogen-bond acceptors (Lipinski definition) is 3. The van der Waals surface area contributed by atoms with E-state index in [1.807, 2.05) is 12.1 Å². The zero-order chi connectivity index (χ0) is 20.1. The van der Waals surface area contributed by atoms with Crippen LogP contribution < -0.4 is 10.5 Å². The summed E-state index contributed by atoms with van der Waals surface area (Å²) in [4.78, 5) is 15.6. The van der Waals surface area contributed by atoms with Crippen molar-refractivity contribution in [2.75, 3.05) is 0 Å². The zero-order valence-electron chi connectivity index (χ0n) is 14.8. The van der Waals surface area contributed by atoms with Crippen LogP contribution in [0.1, 0.15) is 22.5 Å². The van der Waals surface area contributed by atoms with E-state index in [2.05, 4.69) is 4.98 Å². The van der Waals surface area contributed by atoms with Crippen molar-refractivity contribution in [2.45, 2.75) is 19.4 Å². The van der Waals surface area contributed by atoms with Crippen molar-refractivity contribution in [1.29, 1.82) is 0 Å². The second-order valence-corrected chi connectivity index (χ2v) is 7.09. The molecule has 1 aromatic heterocycles. The minimum Gasteiger partial charge on any atom is -0.489 e. The topological polar surface area (TPSA) is 65.2 Å². The van der Waals surface area contributed by atoms with E-state index in [1.165, 1.54) is 6.07 Å². The molecule has 3 aromatic rings. The van der Waals surface area contributed by atoms with Crippen molar-refractivity contribution in [3.05, 3.63) is 93.0 Å². The summed E-state index contributed by atoms with van der Waals surface area (Å²) in [5.74, 6) is -0.300. The molecule has 0 aliphatic carbocycles. The molecule has 0 fully saturated rings. The first-order valence-electron chi connectivity index (χ1n) is 8.49. The molecule has 0 spiro atoms. The average Bonchev–Trinajstić information content (AvgIpc) is 2.62. The second-order valence-electron chi connectivity index (χ2n) is 6.22. The van der Waals surface area contributed by atoms with Gasteiger partial charge in [-0.15, -0.1) is 0 Å². The predicted molar refractivity (Wildman–Crippen MR) is 107 cm³/mol. The summed E-state index contributed by atoms with van der Waals surface area (Å²) in [5.41, 5.74) is 7.76. The number of benzene rings is 2. The molecule has 1 heterocycles. The number of aromatic nitrogens is 1. The molecule has 0 saturated heterocycles. The van der Waals surface area contributed by atoms with Crippen LogP contribution in [0.5, 0.6) is 5.75 Å². The van der Waals surface area contributed by atoms with Crippen molar-refractivity contribution < 1.29 is 13.9 Å². The van der Waals surface area contributed by atoms with E-state index in [0.29, 0.717) is 33.5 Å². The number of hydrogen-bond donors (Lipinski definition) is 1. The van der Waals surface area contributed by atoms with E-state index >= 15 is 0 Å². The molecule has 4 nitrogen and oxygen atoms in total. The van der Waals surface area contributed by atoms with Crippen molar-refractivity contribution in [1.82, 2.24) is 4.98 Å². The monoisotopic (exact) mass is 418 g/mol. The SMILES string of the molecule is NC(=O)Cc1cccc(Cc2cc(Cl)ccc2OCc2ccc(Cl)cc2F)n1. The molecule has 0 saturated carbocycles. The van der Waals surface area contributed by atoms with Crippen molar-refractivity contribution >= 4 is 29.1 Å². The van der Waals surface area contributed by atoms with Crippen LogP contribution in [-0.2, 0) is 24.2 Å². The lowest BCUT2D eigenvalue weighted by Crippen LogP contribution is -2.15. The van der Waals surface area contributed by atoms with Crippen LogP contribution in [0.15, 0.2) is 54.6 Å². The molecule has 0 aliphatic rings. The van der Waals surface area contributed by atoms with Crippen LogP contribution in [0.3, 0.4) is 0 Å². The van der Waals surface area contributed by atoms with E-state index in [9.17, 15) is 9.18 Å². The number of halogens is 3. The van der Waals surface area contributed by atoms with E-state index in [1.54, 1.807) is 36.4 Å². The first kappa shape index (κ1) is 20.1. The third-order valence-electron chi connectivity index (χ3n) is 4.01. The van der Waals surface area contributed by atoms with E-state index in [-0.39, 0.29) is 13.0 Å². The molecule has 2 N–H and O–H groups in total. The standard InChI is InChI=1S/C21H17Cl2FN2O2/c22-15-6-7-20(28-12-13-4-5-16(23)10-19(13)24)14(8-15)9-17-2-1-3-18(26-17)11-21(25)27/h1-8,10H,9,11-12H2,(H2,25,27). The number of carbonyl (C=O) groups is 1. The van der Waals surface area contributed by atoms with Gasteiger partial charge in [-0.3, -0.25) is 9.78 Å². The van der Waals surface area contributed by atoms with Gasteiger partial charge < -0.3 is 10.5 Å². The molecule has 144 valence electrons. The van der Waals surface area contributed by atoms with Gasteiger partial charge in [0.05, 0.1) is 6.42 Å². The molecule has 28 heavy (non-hydrogen) atoms. The highest BCUT2D eigenvalue weighted by Gasteiger charge is 2.10. The van der Waals surface area contributed by atoms with E-state index in [4.69, 9.17) is 33.7 Å². The summed E-state index contributed by atoms with van der Waals surface area (Å²) < 4.78 is 19.8. The Balaban J connectivity index is 1.80. The van der Waals surface area contributed by atoms with Gasteiger partial charge in [0.2, 0.25) is 5.91 Å². The fraction of sp³-hybridized carbons (Fsp3) is 0.143. The molecule has 3 rings (SSSR count). The lowest BCUT2D eigenvalue weighted by atomic mass is 10.1. The smallest absolute Gasteiger partial charge is 0.223 e. The third-order valence-corrected chi connectivity index (χ3v) is 4.48. The summed E-state index contributed by atoms with van der Waals surface area (Å²) in [6, 6.07) is 15.1.